The number of rotatable bonds is 4. The summed E-state index contributed by atoms with van der Waals surface area (Å²) in [7, 11) is 0. The van der Waals surface area contributed by atoms with E-state index >= 15 is 0 Å². The van der Waals surface area contributed by atoms with Gasteiger partial charge in [-0.25, -0.2) is 4.79 Å². The molecule has 1 aromatic carbocycles. The van der Waals surface area contributed by atoms with Crippen LogP contribution >= 0.6 is 0 Å². The van der Waals surface area contributed by atoms with Crippen molar-refractivity contribution in [3.8, 4) is 0 Å². The lowest BCUT2D eigenvalue weighted by atomic mass is 10.1. The molecule has 1 saturated heterocycles. The number of carbonyl (C=O) groups is 3. The molecular formula is C17H23N3O4. The van der Waals surface area contributed by atoms with Crippen molar-refractivity contribution in [1.82, 2.24) is 15.1 Å². The summed E-state index contributed by atoms with van der Waals surface area (Å²) < 4.78 is 4.94. The molecule has 0 saturated carbocycles. The highest BCUT2D eigenvalue weighted by atomic mass is 16.6. The molecule has 0 aromatic heterocycles. The molecule has 0 radical (unpaired) electrons. The molecule has 1 heterocycles. The predicted molar refractivity (Wildman–Crippen MR) is 88.7 cm³/mol. The fraction of sp³-hybridized carbons (Fsp3) is 0.471. The molecule has 1 aromatic rings. The molecule has 0 spiro atoms. The van der Waals surface area contributed by atoms with E-state index in [2.05, 4.69) is 5.32 Å². The Hall–Kier alpha value is -2.57. The highest BCUT2D eigenvalue weighted by molar-refractivity contribution is 5.97. The van der Waals surface area contributed by atoms with Crippen molar-refractivity contribution in [1.29, 1.82) is 0 Å². The monoisotopic (exact) mass is 333 g/mol. The standard InChI is InChI=1S/C17H23N3O4/c1-3-24-17(23)20-10-8-19(9-11-20)15(21)12-18-16(22)14-7-5-4-6-13(14)2/h4-7H,3,8-12H2,1-2H3,(H,18,22). The summed E-state index contributed by atoms with van der Waals surface area (Å²) in [6.45, 7) is 5.66. The first-order valence-corrected chi connectivity index (χ1v) is 8.06. The van der Waals surface area contributed by atoms with Gasteiger partial charge in [0.25, 0.3) is 5.91 Å². The lowest BCUT2D eigenvalue weighted by Gasteiger charge is -2.34. The molecule has 3 amide bonds. The first kappa shape index (κ1) is 17.8. The fourth-order valence-corrected chi connectivity index (χ4v) is 2.54. The normalized spacial score (nSPS) is 14.2. The molecule has 1 aliphatic rings. The topological polar surface area (TPSA) is 79.0 Å². The summed E-state index contributed by atoms with van der Waals surface area (Å²) in [5, 5.41) is 2.66. The van der Waals surface area contributed by atoms with Gasteiger partial charge in [-0.05, 0) is 25.5 Å². The van der Waals surface area contributed by atoms with Crippen molar-refractivity contribution in [3.63, 3.8) is 0 Å². The third-order valence-electron chi connectivity index (χ3n) is 3.95. The van der Waals surface area contributed by atoms with Gasteiger partial charge in [0.15, 0.2) is 0 Å². The molecule has 2 rings (SSSR count). The highest BCUT2D eigenvalue weighted by Gasteiger charge is 2.24. The summed E-state index contributed by atoms with van der Waals surface area (Å²) in [6.07, 6.45) is -0.350. The second kappa shape index (κ2) is 8.33. The van der Waals surface area contributed by atoms with E-state index < -0.39 is 0 Å². The second-order valence-corrected chi connectivity index (χ2v) is 5.56. The third-order valence-corrected chi connectivity index (χ3v) is 3.95. The van der Waals surface area contributed by atoms with Crippen LogP contribution in [0.5, 0.6) is 0 Å². The largest absolute Gasteiger partial charge is 0.450 e. The maximum atomic E-state index is 12.2. The molecule has 1 N–H and O–H groups in total. The number of benzene rings is 1. The second-order valence-electron chi connectivity index (χ2n) is 5.56. The molecule has 0 atom stereocenters. The summed E-state index contributed by atoms with van der Waals surface area (Å²) >= 11 is 0. The van der Waals surface area contributed by atoms with E-state index in [1.54, 1.807) is 28.9 Å². The van der Waals surface area contributed by atoms with Crippen LogP contribution in [0.2, 0.25) is 0 Å². The van der Waals surface area contributed by atoms with Crippen molar-refractivity contribution in [2.24, 2.45) is 0 Å². The summed E-state index contributed by atoms with van der Waals surface area (Å²) in [5.41, 5.74) is 1.43. The zero-order valence-corrected chi connectivity index (χ0v) is 14.1. The van der Waals surface area contributed by atoms with Crippen LogP contribution in [0.15, 0.2) is 24.3 Å². The first-order valence-electron chi connectivity index (χ1n) is 8.06. The predicted octanol–water partition coefficient (Wildman–Crippen LogP) is 1.03. The Bertz CT molecular complexity index is 610. The van der Waals surface area contributed by atoms with Crippen LogP contribution in [0.3, 0.4) is 0 Å². The Morgan fingerprint density at radius 1 is 1.08 bits per heavy atom. The zero-order valence-electron chi connectivity index (χ0n) is 14.1. The molecular weight excluding hydrogens is 310 g/mol. The van der Waals surface area contributed by atoms with Crippen LogP contribution in [0.25, 0.3) is 0 Å². The minimum Gasteiger partial charge on any atom is -0.450 e. The minimum atomic E-state index is -0.350. The van der Waals surface area contributed by atoms with E-state index in [0.29, 0.717) is 38.3 Å². The van der Waals surface area contributed by atoms with Gasteiger partial charge in [0.1, 0.15) is 0 Å². The van der Waals surface area contributed by atoms with E-state index in [1.165, 1.54) is 0 Å². The maximum absolute atomic E-state index is 12.2. The lowest BCUT2D eigenvalue weighted by molar-refractivity contribution is -0.131. The number of nitrogens with zero attached hydrogens (tertiary/aromatic N) is 2. The van der Waals surface area contributed by atoms with Crippen LogP contribution in [0.1, 0.15) is 22.8 Å². The van der Waals surface area contributed by atoms with Crippen LogP contribution in [0.4, 0.5) is 4.79 Å². The summed E-state index contributed by atoms with van der Waals surface area (Å²) in [6, 6.07) is 7.23. The van der Waals surface area contributed by atoms with E-state index in [9.17, 15) is 14.4 Å². The molecule has 0 unspecified atom stereocenters. The number of piperazine rings is 1. The average Bonchev–Trinajstić information content (AvgIpc) is 2.60. The SMILES string of the molecule is CCOC(=O)N1CCN(C(=O)CNC(=O)c2ccccc2C)CC1. The van der Waals surface area contributed by atoms with Crippen molar-refractivity contribution in [3.05, 3.63) is 35.4 Å². The van der Waals surface area contributed by atoms with Crippen molar-refractivity contribution < 1.29 is 19.1 Å². The number of ether oxygens (including phenoxy) is 1. The number of aryl methyl sites for hydroxylation is 1. The summed E-state index contributed by atoms with van der Waals surface area (Å²) in [4.78, 5) is 39.2. The molecule has 7 nitrogen and oxygen atoms in total. The molecule has 1 aliphatic heterocycles. The van der Waals surface area contributed by atoms with Gasteiger partial charge in [-0.15, -0.1) is 0 Å². The van der Waals surface area contributed by atoms with E-state index in [4.69, 9.17) is 4.74 Å². The van der Waals surface area contributed by atoms with E-state index in [-0.39, 0.29) is 24.5 Å². The third kappa shape index (κ3) is 4.47. The average molecular weight is 333 g/mol. The first-order chi connectivity index (χ1) is 11.5. The zero-order chi connectivity index (χ0) is 17.5. The molecule has 0 bridgehead atoms. The van der Waals surface area contributed by atoms with E-state index in [0.717, 1.165) is 5.56 Å². The fourth-order valence-electron chi connectivity index (χ4n) is 2.54. The molecule has 7 heteroatoms. The lowest BCUT2D eigenvalue weighted by Crippen LogP contribution is -2.52. The van der Waals surface area contributed by atoms with Crippen LogP contribution in [0, 0.1) is 6.92 Å². The van der Waals surface area contributed by atoms with Crippen molar-refractivity contribution in [2.75, 3.05) is 39.3 Å². The van der Waals surface area contributed by atoms with E-state index in [1.807, 2.05) is 19.1 Å². The van der Waals surface area contributed by atoms with Gasteiger partial charge in [-0.1, -0.05) is 18.2 Å². The van der Waals surface area contributed by atoms with Gasteiger partial charge >= 0.3 is 6.09 Å². The minimum absolute atomic E-state index is 0.0490. The Kier molecular flexibility index (Phi) is 6.17. The van der Waals surface area contributed by atoms with Gasteiger partial charge < -0.3 is 19.9 Å². The molecule has 1 fully saturated rings. The van der Waals surface area contributed by atoms with Gasteiger partial charge in [0.05, 0.1) is 13.2 Å². The molecule has 130 valence electrons. The number of hydrogen-bond acceptors (Lipinski definition) is 4. The van der Waals surface area contributed by atoms with Crippen LogP contribution < -0.4 is 5.32 Å². The quantitative estimate of drug-likeness (QED) is 0.892. The summed E-state index contributed by atoms with van der Waals surface area (Å²) in [5.74, 6) is -0.410. The highest BCUT2D eigenvalue weighted by Crippen LogP contribution is 2.07. The van der Waals surface area contributed by atoms with Crippen molar-refractivity contribution >= 4 is 17.9 Å². The van der Waals surface area contributed by atoms with Crippen molar-refractivity contribution in [2.45, 2.75) is 13.8 Å². The van der Waals surface area contributed by atoms with Gasteiger partial charge in [0.2, 0.25) is 5.91 Å². The smallest absolute Gasteiger partial charge is 0.409 e. The van der Waals surface area contributed by atoms with Gasteiger partial charge in [-0.3, -0.25) is 9.59 Å². The maximum Gasteiger partial charge on any atom is 0.409 e. The molecule has 0 aliphatic carbocycles. The number of carbonyl (C=O) groups excluding carboxylic acids is 3. The Balaban J connectivity index is 1.79. The van der Waals surface area contributed by atoms with Gasteiger partial charge in [0, 0.05) is 31.7 Å². The molecule has 24 heavy (non-hydrogen) atoms. The van der Waals surface area contributed by atoms with Gasteiger partial charge in [-0.2, -0.15) is 0 Å². The Morgan fingerprint density at radius 3 is 2.33 bits per heavy atom. The Morgan fingerprint density at radius 2 is 1.71 bits per heavy atom. The number of nitrogens with one attached hydrogen (secondary N) is 1. The Labute approximate surface area is 141 Å². The number of hydrogen-bond donors (Lipinski definition) is 1. The van der Waals surface area contributed by atoms with Crippen LogP contribution in [-0.4, -0.2) is 67.0 Å². The van der Waals surface area contributed by atoms with Crippen LogP contribution in [-0.2, 0) is 9.53 Å². The number of amides is 3.